The molecule has 1 aromatic heterocycles. The number of nitrogens with zero attached hydrogens (tertiary/aromatic N) is 1. The Morgan fingerprint density at radius 2 is 2.05 bits per heavy atom. The maximum Gasteiger partial charge on any atom is 0.258 e. The molecule has 0 saturated carbocycles. The third-order valence-corrected chi connectivity index (χ3v) is 3.70. The van der Waals surface area contributed by atoms with E-state index in [-0.39, 0.29) is 18.6 Å². The number of carbonyl (C=O) groups is 1. The van der Waals surface area contributed by atoms with Gasteiger partial charge in [-0.05, 0) is 50.5 Å². The number of likely N-dealkylation sites (N-methyl/N-ethyl adjacent to an activating group) is 1. The number of carbonyl (C=O) groups excluding carboxylic acids is 1. The van der Waals surface area contributed by atoms with Crippen LogP contribution in [0.2, 0.25) is 0 Å². The van der Waals surface area contributed by atoms with Gasteiger partial charge in [-0.3, -0.25) is 9.69 Å². The van der Waals surface area contributed by atoms with E-state index in [0.29, 0.717) is 12.3 Å². The topological polar surface area (TPSA) is 54.7 Å². The molecule has 118 valence electrons. The van der Waals surface area contributed by atoms with Crippen molar-refractivity contribution in [2.45, 2.75) is 6.04 Å². The summed E-state index contributed by atoms with van der Waals surface area (Å²) in [7, 11) is 3.88. The molecule has 0 fully saturated rings. The highest BCUT2D eigenvalue weighted by Gasteiger charge is 2.17. The van der Waals surface area contributed by atoms with E-state index >= 15 is 0 Å². The smallest absolute Gasteiger partial charge is 0.258 e. The summed E-state index contributed by atoms with van der Waals surface area (Å²) in [5, 5.41) is 2.86. The number of nitrogens with one attached hydrogen (secondary N) is 1. The predicted octanol–water partition coefficient (Wildman–Crippen LogP) is 2.84. The molecule has 0 aliphatic rings. The van der Waals surface area contributed by atoms with Gasteiger partial charge in [-0.25, -0.2) is 0 Å². The Kier molecular flexibility index (Phi) is 6.03. The first-order chi connectivity index (χ1) is 10.6. The highest BCUT2D eigenvalue weighted by molar-refractivity contribution is 9.10. The zero-order valence-electron chi connectivity index (χ0n) is 12.6. The first-order valence-electron chi connectivity index (χ1n) is 6.91. The summed E-state index contributed by atoms with van der Waals surface area (Å²) in [5.41, 5.74) is 0. The molecule has 0 unspecified atom stereocenters. The minimum Gasteiger partial charge on any atom is -0.484 e. The zero-order chi connectivity index (χ0) is 15.9. The monoisotopic (exact) mass is 366 g/mol. The van der Waals surface area contributed by atoms with Gasteiger partial charge in [-0.2, -0.15) is 0 Å². The number of halogens is 1. The predicted molar refractivity (Wildman–Crippen MR) is 87.8 cm³/mol. The molecule has 1 heterocycles. The van der Waals surface area contributed by atoms with Crippen molar-refractivity contribution in [2.24, 2.45) is 0 Å². The Labute approximate surface area is 138 Å². The standard InChI is InChI=1S/C16H19BrN2O3/c1-19(2)14(15-4-3-9-21-15)10-18-16(20)11-22-13-7-5-12(17)6-8-13/h3-9,14H,10-11H2,1-2H3,(H,18,20)/t14-/m1/s1. The number of hydrogen-bond acceptors (Lipinski definition) is 4. The van der Waals surface area contributed by atoms with Crippen LogP contribution in [0.15, 0.2) is 51.6 Å². The molecule has 2 aromatic rings. The molecule has 5 nitrogen and oxygen atoms in total. The van der Waals surface area contributed by atoms with Crippen molar-refractivity contribution >= 4 is 21.8 Å². The SMILES string of the molecule is CN(C)[C@H](CNC(=O)COc1ccc(Br)cc1)c1ccco1. The van der Waals surface area contributed by atoms with Gasteiger partial charge < -0.3 is 14.5 Å². The van der Waals surface area contributed by atoms with Crippen molar-refractivity contribution in [3.05, 3.63) is 52.9 Å². The van der Waals surface area contributed by atoms with Crippen molar-refractivity contribution in [3.63, 3.8) is 0 Å². The molecule has 0 spiro atoms. The van der Waals surface area contributed by atoms with E-state index in [9.17, 15) is 4.79 Å². The van der Waals surface area contributed by atoms with Crippen LogP contribution >= 0.6 is 15.9 Å². The van der Waals surface area contributed by atoms with Crippen LogP contribution in [-0.2, 0) is 4.79 Å². The number of amides is 1. The highest BCUT2D eigenvalue weighted by Crippen LogP contribution is 2.18. The number of furan rings is 1. The summed E-state index contributed by atoms with van der Waals surface area (Å²) < 4.78 is 11.8. The fourth-order valence-corrected chi connectivity index (χ4v) is 2.22. The van der Waals surface area contributed by atoms with Crippen LogP contribution in [0.5, 0.6) is 5.75 Å². The summed E-state index contributed by atoms with van der Waals surface area (Å²) in [6.07, 6.45) is 1.63. The first-order valence-corrected chi connectivity index (χ1v) is 7.70. The van der Waals surface area contributed by atoms with Crippen molar-refractivity contribution in [2.75, 3.05) is 27.2 Å². The number of hydrogen-bond donors (Lipinski definition) is 1. The Bertz CT molecular complexity index is 582. The molecule has 1 N–H and O–H groups in total. The second kappa shape index (κ2) is 8.00. The quantitative estimate of drug-likeness (QED) is 0.818. The maximum atomic E-state index is 11.9. The van der Waals surface area contributed by atoms with E-state index in [2.05, 4.69) is 21.2 Å². The lowest BCUT2D eigenvalue weighted by Gasteiger charge is -2.22. The molecular formula is C16H19BrN2O3. The van der Waals surface area contributed by atoms with Gasteiger partial charge in [0.2, 0.25) is 0 Å². The van der Waals surface area contributed by atoms with Gasteiger partial charge in [0.15, 0.2) is 6.61 Å². The van der Waals surface area contributed by atoms with E-state index in [4.69, 9.17) is 9.15 Å². The Hall–Kier alpha value is -1.79. The number of benzene rings is 1. The van der Waals surface area contributed by atoms with Gasteiger partial charge in [0.1, 0.15) is 11.5 Å². The summed E-state index contributed by atoms with van der Waals surface area (Å²) >= 11 is 3.35. The van der Waals surface area contributed by atoms with Crippen molar-refractivity contribution < 1.29 is 13.9 Å². The second-order valence-electron chi connectivity index (χ2n) is 5.04. The van der Waals surface area contributed by atoms with Gasteiger partial charge in [0.05, 0.1) is 12.3 Å². The lowest BCUT2D eigenvalue weighted by Crippen LogP contribution is -2.36. The molecule has 0 radical (unpaired) electrons. The lowest BCUT2D eigenvalue weighted by atomic mass is 10.2. The molecule has 0 saturated heterocycles. The number of ether oxygens (including phenoxy) is 1. The minimum absolute atomic E-state index is 0.00775. The van der Waals surface area contributed by atoms with E-state index in [1.54, 1.807) is 6.26 Å². The van der Waals surface area contributed by atoms with Crippen molar-refractivity contribution in [1.29, 1.82) is 0 Å². The van der Waals surface area contributed by atoms with Crippen LogP contribution in [0.1, 0.15) is 11.8 Å². The van der Waals surface area contributed by atoms with Crippen LogP contribution < -0.4 is 10.1 Å². The van der Waals surface area contributed by atoms with E-state index in [1.165, 1.54) is 0 Å². The second-order valence-corrected chi connectivity index (χ2v) is 5.96. The van der Waals surface area contributed by atoms with Crippen molar-refractivity contribution in [3.8, 4) is 5.75 Å². The molecule has 2 rings (SSSR count). The molecular weight excluding hydrogens is 348 g/mol. The summed E-state index contributed by atoms with van der Waals surface area (Å²) in [5.74, 6) is 1.31. The molecule has 1 aromatic carbocycles. The van der Waals surface area contributed by atoms with E-state index < -0.39 is 0 Å². The van der Waals surface area contributed by atoms with Crippen molar-refractivity contribution in [1.82, 2.24) is 10.2 Å². The molecule has 1 atom stereocenters. The zero-order valence-corrected chi connectivity index (χ0v) is 14.2. The van der Waals surface area contributed by atoms with Crippen LogP contribution in [0.3, 0.4) is 0 Å². The maximum absolute atomic E-state index is 11.9. The first kappa shape index (κ1) is 16.6. The Morgan fingerprint density at radius 3 is 2.64 bits per heavy atom. The highest BCUT2D eigenvalue weighted by atomic mass is 79.9. The van der Waals surface area contributed by atoms with Gasteiger partial charge in [-0.15, -0.1) is 0 Å². The molecule has 6 heteroatoms. The summed E-state index contributed by atoms with van der Waals surface area (Å²) in [6.45, 7) is 0.447. The fraction of sp³-hybridized carbons (Fsp3) is 0.312. The summed E-state index contributed by atoms with van der Waals surface area (Å²) in [4.78, 5) is 13.9. The van der Waals surface area contributed by atoms with Crippen LogP contribution in [0, 0.1) is 0 Å². The average Bonchev–Trinajstić information content (AvgIpc) is 3.00. The minimum atomic E-state index is -0.165. The van der Waals surface area contributed by atoms with Crippen LogP contribution in [0.25, 0.3) is 0 Å². The number of rotatable bonds is 7. The Balaban J connectivity index is 1.80. The Morgan fingerprint density at radius 1 is 1.32 bits per heavy atom. The van der Waals surface area contributed by atoms with Crippen LogP contribution in [-0.4, -0.2) is 38.1 Å². The van der Waals surface area contributed by atoms with Crippen LogP contribution in [0.4, 0.5) is 0 Å². The molecule has 0 aliphatic carbocycles. The molecule has 1 amide bonds. The van der Waals surface area contributed by atoms with Gasteiger partial charge in [-0.1, -0.05) is 15.9 Å². The average molecular weight is 367 g/mol. The molecule has 0 bridgehead atoms. The third-order valence-electron chi connectivity index (χ3n) is 3.17. The lowest BCUT2D eigenvalue weighted by molar-refractivity contribution is -0.123. The third kappa shape index (κ3) is 4.89. The van der Waals surface area contributed by atoms with Gasteiger partial charge >= 0.3 is 0 Å². The van der Waals surface area contributed by atoms with E-state index in [0.717, 1.165) is 10.2 Å². The van der Waals surface area contributed by atoms with Gasteiger partial charge in [0, 0.05) is 11.0 Å². The summed E-state index contributed by atoms with van der Waals surface area (Å²) in [6, 6.07) is 11.1. The normalized spacial score (nSPS) is 12.2. The molecule has 0 aliphatic heterocycles. The largest absolute Gasteiger partial charge is 0.484 e. The van der Waals surface area contributed by atoms with E-state index in [1.807, 2.05) is 55.4 Å². The molecule has 22 heavy (non-hydrogen) atoms. The fourth-order valence-electron chi connectivity index (χ4n) is 1.96. The van der Waals surface area contributed by atoms with Gasteiger partial charge in [0.25, 0.3) is 5.91 Å².